The minimum absolute atomic E-state index is 0.0774. The zero-order chi connectivity index (χ0) is 15.7. The lowest BCUT2D eigenvalue weighted by Gasteiger charge is -2.17. The Balaban J connectivity index is 2.38. The van der Waals surface area contributed by atoms with E-state index in [0.717, 1.165) is 18.5 Å². The summed E-state index contributed by atoms with van der Waals surface area (Å²) in [6.45, 7) is 2.19. The fraction of sp³-hybridized carbons (Fsp3) is 0.529. The van der Waals surface area contributed by atoms with Gasteiger partial charge in [-0.25, -0.2) is 4.79 Å². The van der Waals surface area contributed by atoms with Crippen molar-refractivity contribution in [1.82, 2.24) is 0 Å². The van der Waals surface area contributed by atoms with Crippen LogP contribution < -0.4 is 4.90 Å². The second kappa shape index (κ2) is 9.16. The first kappa shape index (κ1) is 17.2. The topological polar surface area (TPSA) is 57.6 Å². The highest BCUT2D eigenvalue weighted by Crippen LogP contribution is 2.16. The summed E-state index contributed by atoms with van der Waals surface area (Å²) in [5.41, 5.74) is 0.964. The average molecular weight is 291 g/mol. The molecular formula is C17H25NO3. The number of carbonyl (C=O) groups is 2. The smallest absolute Gasteiger partial charge is 0.335 e. The van der Waals surface area contributed by atoms with E-state index in [1.807, 2.05) is 0 Å². The van der Waals surface area contributed by atoms with Crippen LogP contribution in [0, 0.1) is 0 Å². The van der Waals surface area contributed by atoms with Gasteiger partial charge in [-0.1, -0.05) is 39.0 Å². The molecular weight excluding hydrogens is 266 g/mol. The molecule has 4 nitrogen and oxygen atoms in total. The molecule has 0 aliphatic carbocycles. The van der Waals surface area contributed by atoms with E-state index >= 15 is 0 Å². The number of rotatable bonds is 9. The number of carboxylic acid groups (broad SMARTS) is 1. The molecule has 1 aromatic rings. The molecule has 0 atom stereocenters. The molecule has 0 aromatic heterocycles. The maximum Gasteiger partial charge on any atom is 0.335 e. The summed E-state index contributed by atoms with van der Waals surface area (Å²) in [5, 5.41) is 8.85. The number of amides is 1. The molecule has 0 aliphatic heterocycles. The van der Waals surface area contributed by atoms with Gasteiger partial charge < -0.3 is 10.0 Å². The lowest BCUT2D eigenvalue weighted by atomic mass is 10.1. The van der Waals surface area contributed by atoms with Gasteiger partial charge in [0.25, 0.3) is 0 Å². The van der Waals surface area contributed by atoms with Crippen LogP contribution in [0.5, 0.6) is 0 Å². The van der Waals surface area contributed by atoms with Gasteiger partial charge in [-0.3, -0.25) is 4.79 Å². The first-order chi connectivity index (χ1) is 10.1. The zero-order valence-corrected chi connectivity index (χ0v) is 13.0. The summed E-state index contributed by atoms with van der Waals surface area (Å²) in [6, 6.07) is 6.38. The Labute approximate surface area is 126 Å². The normalized spacial score (nSPS) is 10.4. The van der Waals surface area contributed by atoms with Gasteiger partial charge in [-0.05, 0) is 30.7 Å². The van der Waals surface area contributed by atoms with Crippen LogP contribution in [-0.4, -0.2) is 24.0 Å². The van der Waals surface area contributed by atoms with Crippen LogP contribution in [0.15, 0.2) is 24.3 Å². The second-order valence-corrected chi connectivity index (χ2v) is 5.32. The lowest BCUT2D eigenvalue weighted by Crippen LogP contribution is -2.25. The van der Waals surface area contributed by atoms with Gasteiger partial charge in [0, 0.05) is 19.2 Å². The molecule has 0 fully saturated rings. The molecule has 0 heterocycles. The van der Waals surface area contributed by atoms with Gasteiger partial charge in [-0.15, -0.1) is 0 Å². The van der Waals surface area contributed by atoms with Crippen LogP contribution >= 0.6 is 0 Å². The van der Waals surface area contributed by atoms with Crippen molar-refractivity contribution in [1.29, 1.82) is 0 Å². The predicted octanol–water partition coefficient (Wildman–Crippen LogP) is 4.10. The number of unbranched alkanes of at least 4 members (excludes halogenated alkanes) is 5. The Hall–Kier alpha value is -1.84. The third-order valence-corrected chi connectivity index (χ3v) is 3.62. The summed E-state index contributed by atoms with van der Waals surface area (Å²) in [6.07, 6.45) is 7.49. The molecule has 0 unspecified atom stereocenters. The van der Waals surface area contributed by atoms with Crippen molar-refractivity contribution in [2.45, 2.75) is 51.9 Å². The van der Waals surface area contributed by atoms with Gasteiger partial charge in [0.1, 0.15) is 0 Å². The Morgan fingerprint density at radius 3 is 2.14 bits per heavy atom. The molecule has 21 heavy (non-hydrogen) atoms. The highest BCUT2D eigenvalue weighted by Gasteiger charge is 2.11. The molecule has 0 saturated carbocycles. The SMILES string of the molecule is CCCCCCCCC(=O)N(C)c1ccc(C(=O)O)cc1. The predicted molar refractivity (Wildman–Crippen MR) is 84.8 cm³/mol. The number of hydrogen-bond acceptors (Lipinski definition) is 2. The van der Waals surface area contributed by atoms with E-state index in [-0.39, 0.29) is 11.5 Å². The molecule has 1 aromatic carbocycles. The third-order valence-electron chi connectivity index (χ3n) is 3.62. The minimum Gasteiger partial charge on any atom is -0.478 e. The Kier molecular flexibility index (Phi) is 7.51. The molecule has 1 amide bonds. The van der Waals surface area contributed by atoms with E-state index in [1.165, 1.54) is 37.8 Å². The largest absolute Gasteiger partial charge is 0.478 e. The third kappa shape index (κ3) is 5.98. The highest BCUT2D eigenvalue weighted by molar-refractivity contribution is 5.94. The number of anilines is 1. The molecule has 0 aliphatic rings. The first-order valence-electron chi connectivity index (χ1n) is 7.66. The van der Waals surface area contributed by atoms with E-state index in [1.54, 1.807) is 24.1 Å². The van der Waals surface area contributed by atoms with Crippen molar-refractivity contribution < 1.29 is 14.7 Å². The van der Waals surface area contributed by atoms with Gasteiger partial charge >= 0.3 is 5.97 Å². The zero-order valence-electron chi connectivity index (χ0n) is 13.0. The molecule has 4 heteroatoms. The number of nitrogens with zero attached hydrogens (tertiary/aromatic N) is 1. The van der Waals surface area contributed by atoms with Crippen molar-refractivity contribution >= 4 is 17.6 Å². The van der Waals surface area contributed by atoms with E-state index in [9.17, 15) is 9.59 Å². The molecule has 1 N–H and O–H groups in total. The molecule has 0 spiro atoms. The van der Waals surface area contributed by atoms with Crippen LogP contribution in [0.1, 0.15) is 62.2 Å². The van der Waals surface area contributed by atoms with Crippen LogP contribution in [0.3, 0.4) is 0 Å². The van der Waals surface area contributed by atoms with Crippen molar-refractivity contribution in [2.24, 2.45) is 0 Å². The standard InChI is InChI=1S/C17H25NO3/c1-3-4-5-6-7-8-9-16(19)18(2)15-12-10-14(11-13-15)17(20)21/h10-13H,3-9H2,1-2H3,(H,20,21). The number of benzene rings is 1. The second-order valence-electron chi connectivity index (χ2n) is 5.32. The van der Waals surface area contributed by atoms with Crippen molar-refractivity contribution in [3.05, 3.63) is 29.8 Å². The van der Waals surface area contributed by atoms with Gasteiger partial charge in [-0.2, -0.15) is 0 Å². The summed E-state index contributed by atoms with van der Waals surface area (Å²) in [4.78, 5) is 24.4. The van der Waals surface area contributed by atoms with Crippen molar-refractivity contribution in [2.75, 3.05) is 11.9 Å². The summed E-state index contributed by atoms with van der Waals surface area (Å²) >= 11 is 0. The number of aromatic carboxylic acids is 1. The van der Waals surface area contributed by atoms with Crippen LogP contribution in [0.4, 0.5) is 5.69 Å². The van der Waals surface area contributed by atoms with E-state index < -0.39 is 5.97 Å². The van der Waals surface area contributed by atoms with E-state index in [4.69, 9.17) is 5.11 Å². The maximum absolute atomic E-state index is 12.1. The van der Waals surface area contributed by atoms with Crippen molar-refractivity contribution in [3.8, 4) is 0 Å². The van der Waals surface area contributed by atoms with E-state index in [2.05, 4.69) is 6.92 Å². The summed E-state index contributed by atoms with van der Waals surface area (Å²) in [5.74, 6) is -0.879. The van der Waals surface area contributed by atoms with Gasteiger partial charge in [0.05, 0.1) is 5.56 Å². The summed E-state index contributed by atoms with van der Waals surface area (Å²) < 4.78 is 0. The summed E-state index contributed by atoms with van der Waals surface area (Å²) in [7, 11) is 1.73. The fourth-order valence-corrected chi connectivity index (χ4v) is 2.20. The van der Waals surface area contributed by atoms with Crippen LogP contribution in [0.25, 0.3) is 0 Å². The molecule has 0 bridgehead atoms. The molecule has 0 radical (unpaired) electrons. The molecule has 116 valence electrons. The number of hydrogen-bond donors (Lipinski definition) is 1. The fourth-order valence-electron chi connectivity index (χ4n) is 2.20. The molecule has 1 rings (SSSR count). The van der Waals surface area contributed by atoms with Crippen LogP contribution in [0.2, 0.25) is 0 Å². The van der Waals surface area contributed by atoms with Crippen molar-refractivity contribution in [3.63, 3.8) is 0 Å². The van der Waals surface area contributed by atoms with E-state index in [0.29, 0.717) is 6.42 Å². The highest BCUT2D eigenvalue weighted by atomic mass is 16.4. The van der Waals surface area contributed by atoms with Crippen LogP contribution in [-0.2, 0) is 4.79 Å². The Bertz CT molecular complexity index is 454. The Morgan fingerprint density at radius 2 is 1.57 bits per heavy atom. The monoisotopic (exact) mass is 291 g/mol. The number of carboxylic acids is 1. The van der Waals surface area contributed by atoms with Gasteiger partial charge in [0.2, 0.25) is 5.91 Å². The van der Waals surface area contributed by atoms with Gasteiger partial charge in [0.15, 0.2) is 0 Å². The lowest BCUT2D eigenvalue weighted by molar-refractivity contribution is -0.118. The number of carbonyl (C=O) groups excluding carboxylic acids is 1. The minimum atomic E-state index is -0.956. The Morgan fingerprint density at radius 1 is 1.00 bits per heavy atom. The molecule has 0 saturated heterocycles. The quantitative estimate of drug-likeness (QED) is 0.697. The average Bonchev–Trinajstić information content (AvgIpc) is 2.49. The maximum atomic E-state index is 12.1. The first-order valence-corrected chi connectivity index (χ1v) is 7.66.